The smallest absolute Gasteiger partial charge is 0.278 e. The molecule has 5 nitrogen and oxygen atoms in total. The molecule has 1 heterocycles. The van der Waals surface area contributed by atoms with Crippen molar-refractivity contribution in [2.24, 2.45) is 0 Å². The summed E-state index contributed by atoms with van der Waals surface area (Å²) in [5, 5.41) is 5.55. The molecule has 0 unspecified atom stereocenters. The Bertz CT molecular complexity index is 660. The van der Waals surface area contributed by atoms with Gasteiger partial charge in [-0.2, -0.15) is 0 Å². The lowest BCUT2D eigenvalue weighted by Gasteiger charge is -2.25. The zero-order valence-corrected chi connectivity index (χ0v) is 14.6. The number of hydrogen-bond donors (Lipinski definition) is 1. The summed E-state index contributed by atoms with van der Waals surface area (Å²) >= 11 is 1.42. The van der Waals surface area contributed by atoms with Gasteiger partial charge in [-0.25, -0.2) is 4.98 Å². The van der Waals surface area contributed by atoms with Gasteiger partial charge in [0.2, 0.25) is 0 Å². The van der Waals surface area contributed by atoms with Crippen LogP contribution in [-0.2, 0) is 4.74 Å². The Morgan fingerprint density at radius 2 is 2.17 bits per heavy atom. The van der Waals surface area contributed by atoms with E-state index in [1.54, 1.807) is 25.4 Å². The van der Waals surface area contributed by atoms with E-state index in [9.17, 15) is 4.79 Å². The van der Waals surface area contributed by atoms with Gasteiger partial charge < -0.3 is 14.8 Å². The third kappa shape index (κ3) is 4.33. The minimum absolute atomic E-state index is 0.0635. The highest BCUT2D eigenvalue weighted by Gasteiger charge is 2.25. The molecule has 0 bridgehead atoms. The molecule has 0 saturated heterocycles. The van der Waals surface area contributed by atoms with Crippen LogP contribution in [0.2, 0.25) is 0 Å². The Morgan fingerprint density at radius 3 is 2.96 bits per heavy atom. The van der Waals surface area contributed by atoms with E-state index < -0.39 is 0 Å². The van der Waals surface area contributed by atoms with Crippen LogP contribution in [0.5, 0.6) is 10.9 Å². The molecule has 24 heavy (non-hydrogen) atoms. The van der Waals surface area contributed by atoms with Crippen LogP contribution < -0.4 is 10.1 Å². The molecule has 2 atom stereocenters. The first-order valence-electron chi connectivity index (χ1n) is 8.27. The van der Waals surface area contributed by atoms with Crippen LogP contribution >= 0.6 is 11.3 Å². The highest BCUT2D eigenvalue weighted by Crippen LogP contribution is 2.24. The SMILES string of the molecule is CO[C@@H]1CCCCC[C@@H]1NC(=O)c1cccc(Oc2nccs2)c1. The van der Waals surface area contributed by atoms with Crippen molar-refractivity contribution < 1.29 is 14.3 Å². The molecular formula is C18H22N2O3S. The maximum Gasteiger partial charge on any atom is 0.278 e. The minimum atomic E-state index is -0.0893. The van der Waals surface area contributed by atoms with Crippen LogP contribution in [0.25, 0.3) is 0 Å². The number of ether oxygens (including phenoxy) is 2. The zero-order valence-electron chi connectivity index (χ0n) is 13.7. The predicted molar refractivity (Wildman–Crippen MR) is 93.8 cm³/mol. The second kappa shape index (κ2) is 8.26. The highest BCUT2D eigenvalue weighted by atomic mass is 32.1. The fourth-order valence-corrected chi connectivity index (χ4v) is 3.54. The molecule has 1 amide bonds. The van der Waals surface area contributed by atoms with Crippen LogP contribution in [0.1, 0.15) is 42.5 Å². The molecule has 3 rings (SSSR count). The third-order valence-corrected chi connectivity index (χ3v) is 4.93. The average Bonchev–Trinajstić information content (AvgIpc) is 3.00. The maximum absolute atomic E-state index is 12.6. The number of nitrogens with zero attached hydrogens (tertiary/aromatic N) is 1. The monoisotopic (exact) mass is 346 g/mol. The number of rotatable bonds is 5. The van der Waals surface area contributed by atoms with E-state index in [4.69, 9.17) is 9.47 Å². The summed E-state index contributed by atoms with van der Waals surface area (Å²) in [6, 6.07) is 7.24. The van der Waals surface area contributed by atoms with E-state index in [1.807, 2.05) is 17.5 Å². The van der Waals surface area contributed by atoms with Gasteiger partial charge in [0.25, 0.3) is 11.1 Å². The molecule has 1 aromatic carbocycles. The lowest BCUT2D eigenvalue weighted by Crippen LogP contribution is -2.43. The largest absolute Gasteiger partial charge is 0.431 e. The van der Waals surface area contributed by atoms with Crippen LogP contribution in [0, 0.1) is 0 Å². The number of nitrogens with one attached hydrogen (secondary N) is 1. The van der Waals surface area contributed by atoms with E-state index >= 15 is 0 Å². The van der Waals surface area contributed by atoms with Crippen molar-refractivity contribution in [2.75, 3.05) is 7.11 Å². The highest BCUT2D eigenvalue weighted by molar-refractivity contribution is 7.11. The first-order valence-corrected chi connectivity index (χ1v) is 9.15. The molecule has 1 saturated carbocycles. The van der Waals surface area contributed by atoms with E-state index in [-0.39, 0.29) is 18.1 Å². The Labute approximate surface area is 146 Å². The van der Waals surface area contributed by atoms with Crippen LogP contribution in [-0.4, -0.2) is 30.1 Å². The summed E-state index contributed by atoms with van der Waals surface area (Å²) in [7, 11) is 1.72. The molecule has 1 fully saturated rings. The second-order valence-electron chi connectivity index (χ2n) is 5.92. The van der Waals surface area contributed by atoms with Gasteiger partial charge in [-0.3, -0.25) is 4.79 Å². The van der Waals surface area contributed by atoms with Crippen molar-refractivity contribution in [1.82, 2.24) is 10.3 Å². The van der Waals surface area contributed by atoms with Gasteiger partial charge in [-0.05, 0) is 31.0 Å². The van der Waals surface area contributed by atoms with Crippen molar-refractivity contribution in [3.63, 3.8) is 0 Å². The summed E-state index contributed by atoms with van der Waals surface area (Å²) in [4.78, 5) is 16.7. The Hall–Kier alpha value is -1.92. The molecule has 1 N–H and O–H groups in total. The Balaban J connectivity index is 1.67. The molecule has 1 aliphatic carbocycles. The van der Waals surface area contributed by atoms with Crippen molar-refractivity contribution in [3.8, 4) is 10.9 Å². The quantitative estimate of drug-likeness (QED) is 0.831. The lowest BCUT2D eigenvalue weighted by molar-refractivity contribution is 0.0568. The summed E-state index contributed by atoms with van der Waals surface area (Å²) < 4.78 is 11.2. The number of carbonyl (C=O) groups excluding carboxylic acids is 1. The van der Waals surface area contributed by atoms with Crippen LogP contribution in [0.4, 0.5) is 0 Å². The van der Waals surface area contributed by atoms with E-state index in [0.717, 1.165) is 25.7 Å². The lowest BCUT2D eigenvalue weighted by atomic mass is 10.1. The summed E-state index contributed by atoms with van der Waals surface area (Å²) in [5.74, 6) is 0.523. The fourth-order valence-electron chi connectivity index (χ4n) is 3.03. The number of amides is 1. The Morgan fingerprint density at radius 1 is 1.29 bits per heavy atom. The van der Waals surface area contributed by atoms with Crippen molar-refractivity contribution in [3.05, 3.63) is 41.4 Å². The first kappa shape index (κ1) is 16.9. The summed E-state index contributed by atoms with van der Waals surface area (Å²) in [6.45, 7) is 0. The molecule has 1 aliphatic rings. The van der Waals surface area contributed by atoms with E-state index in [1.165, 1.54) is 17.8 Å². The minimum Gasteiger partial charge on any atom is -0.431 e. The van der Waals surface area contributed by atoms with Gasteiger partial charge >= 0.3 is 0 Å². The predicted octanol–water partition coefficient (Wildman–Crippen LogP) is 4.01. The van der Waals surface area contributed by atoms with Gasteiger partial charge in [0.1, 0.15) is 5.75 Å². The maximum atomic E-state index is 12.6. The second-order valence-corrected chi connectivity index (χ2v) is 6.78. The number of aromatic nitrogens is 1. The molecule has 6 heteroatoms. The molecular weight excluding hydrogens is 324 g/mol. The number of carbonyl (C=O) groups is 1. The molecule has 1 aromatic heterocycles. The van der Waals surface area contributed by atoms with Crippen LogP contribution in [0.15, 0.2) is 35.8 Å². The normalized spacial score (nSPS) is 21.0. The van der Waals surface area contributed by atoms with Crippen molar-refractivity contribution in [1.29, 1.82) is 0 Å². The Kier molecular flexibility index (Phi) is 5.82. The van der Waals surface area contributed by atoms with Crippen molar-refractivity contribution >= 4 is 17.2 Å². The summed E-state index contributed by atoms with van der Waals surface area (Å²) in [6.07, 6.45) is 7.21. The van der Waals surface area contributed by atoms with E-state index in [2.05, 4.69) is 10.3 Å². The molecule has 0 spiro atoms. The van der Waals surface area contributed by atoms with Gasteiger partial charge in [-0.1, -0.05) is 36.7 Å². The van der Waals surface area contributed by atoms with Gasteiger partial charge in [-0.15, -0.1) is 0 Å². The van der Waals surface area contributed by atoms with E-state index in [0.29, 0.717) is 16.5 Å². The molecule has 128 valence electrons. The topological polar surface area (TPSA) is 60.5 Å². The van der Waals surface area contributed by atoms with Crippen LogP contribution in [0.3, 0.4) is 0 Å². The van der Waals surface area contributed by atoms with Gasteiger partial charge in [0.05, 0.1) is 12.1 Å². The number of hydrogen-bond acceptors (Lipinski definition) is 5. The number of benzene rings is 1. The average molecular weight is 346 g/mol. The molecule has 2 aromatic rings. The first-order chi connectivity index (χ1) is 11.8. The van der Waals surface area contributed by atoms with Crippen molar-refractivity contribution in [2.45, 2.75) is 44.2 Å². The fraction of sp³-hybridized carbons (Fsp3) is 0.444. The standard InChI is InChI=1S/C18H22N2O3S/c1-22-16-9-4-2-3-8-15(16)20-17(21)13-6-5-7-14(12-13)23-18-19-10-11-24-18/h5-7,10-12,15-16H,2-4,8-9H2,1H3,(H,20,21)/t15-,16+/m0/s1. The summed E-state index contributed by atoms with van der Waals surface area (Å²) in [5.41, 5.74) is 0.586. The number of thiazole rings is 1. The number of methoxy groups -OCH3 is 1. The molecule has 0 aliphatic heterocycles. The van der Waals surface area contributed by atoms with Gasteiger partial charge in [0.15, 0.2) is 0 Å². The zero-order chi connectivity index (χ0) is 16.8. The molecule has 0 radical (unpaired) electrons. The third-order valence-electron chi connectivity index (χ3n) is 4.28. The van der Waals surface area contributed by atoms with Gasteiger partial charge in [0, 0.05) is 24.3 Å².